The zero-order valence-electron chi connectivity index (χ0n) is 9.08. The van der Waals surface area contributed by atoms with Crippen LogP contribution in [0.2, 0.25) is 0 Å². The number of rotatable bonds is 3. The molecule has 1 saturated heterocycles. The summed E-state index contributed by atoms with van der Waals surface area (Å²) in [7, 11) is 0. The van der Waals surface area contributed by atoms with E-state index in [1.807, 2.05) is 6.20 Å². The minimum Gasteiger partial charge on any atom is -0.381 e. The first kappa shape index (κ1) is 11.1. The number of alkyl halides is 1. The molecule has 0 bridgehead atoms. The first-order chi connectivity index (χ1) is 7.26. The van der Waals surface area contributed by atoms with Gasteiger partial charge in [-0.05, 0) is 19.8 Å². The quantitative estimate of drug-likeness (QED) is 0.791. The lowest BCUT2D eigenvalue weighted by Gasteiger charge is -2.36. The van der Waals surface area contributed by atoms with Crippen molar-refractivity contribution in [3.63, 3.8) is 0 Å². The summed E-state index contributed by atoms with van der Waals surface area (Å²) < 4.78 is 7.67. The normalized spacial score (nSPS) is 20.4. The van der Waals surface area contributed by atoms with Crippen LogP contribution in [0.5, 0.6) is 0 Å². The molecule has 1 aromatic heterocycles. The van der Waals surface area contributed by atoms with Gasteiger partial charge in [0.15, 0.2) is 0 Å². The predicted molar refractivity (Wildman–Crippen MR) is 63.2 cm³/mol. The molecule has 0 spiro atoms. The lowest BCUT2D eigenvalue weighted by molar-refractivity contribution is 0.0183. The number of hydrogen-bond acceptors (Lipinski definition) is 2. The van der Waals surface area contributed by atoms with E-state index in [1.165, 1.54) is 0 Å². The smallest absolute Gasteiger partial charge is 0.105 e. The second kappa shape index (κ2) is 4.66. The third-order valence-corrected chi connectivity index (χ3v) is 4.46. The van der Waals surface area contributed by atoms with Gasteiger partial charge in [-0.15, -0.1) is 0 Å². The van der Waals surface area contributed by atoms with Crippen LogP contribution >= 0.6 is 15.9 Å². The van der Waals surface area contributed by atoms with E-state index >= 15 is 0 Å². The minimum atomic E-state index is 0.351. The standard InChI is InChI=1S/C11H17BrN2O/c1-10-13-4-5-14(10)9-11(8-12)2-6-15-7-3-11/h4-5H,2-3,6-9H2,1H3. The molecule has 3 nitrogen and oxygen atoms in total. The van der Waals surface area contributed by atoms with E-state index in [0.29, 0.717) is 5.41 Å². The van der Waals surface area contributed by atoms with E-state index < -0.39 is 0 Å². The van der Waals surface area contributed by atoms with Gasteiger partial charge >= 0.3 is 0 Å². The van der Waals surface area contributed by atoms with Gasteiger partial charge in [-0.25, -0.2) is 4.98 Å². The van der Waals surface area contributed by atoms with E-state index in [-0.39, 0.29) is 0 Å². The fourth-order valence-corrected chi connectivity index (χ4v) is 2.81. The maximum atomic E-state index is 5.43. The van der Waals surface area contributed by atoms with Crippen molar-refractivity contribution in [1.82, 2.24) is 9.55 Å². The van der Waals surface area contributed by atoms with Crippen molar-refractivity contribution in [2.45, 2.75) is 26.3 Å². The Kier molecular flexibility index (Phi) is 3.46. The third-order valence-electron chi connectivity index (χ3n) is 3.27. The van der Waals surface area contributed by atoms with Gasteiger partial charge in [-0.1, -0.05) is 15.9 Å². The Morgan fingerprint density at radius 2 is 2.27 bits per heavy atom. The van der Waals surface area contributed by atoms with E-state index in [2.05, 4.69) is 38.6 Å². The summed E-state index contributed by atoms with van der Waals surface area (Å²) in [6, 6.07) is 0. The fraction of sp³-hybridized carbons (Fsp3) is 0.727. The molecule has 15 heavy (non-hydrogen) atoms. The van der Waals surface area contributed by atoms with Crippen molar-refractivity contribution < 1.29 is 4.74 Å². The van der Waals surface area contributed by atoms with Crippen LogP contribution in [0.25, 0.3) is 0 Å². The number of halogens is 1. The van der Waals surface area contributed by atoms with Gasteiger partial charge in [-0.3, -0.25) is 0 Å². The van der Waals surface area contributed by atoms with E-state index in [1.54, 1.807) is 0 Å². The van der Waals surface area contributed by atoms with E-state index in [0.717, 1.165) is 43.8 Å². The Balaban J connectivity index is 2.10. The van der Waals surface area contributed by atoms with Gasteiger partial charge in [0, 0.05) is 42.9 Å². The average Bonchev–Trinajstić information content (AvgIpc) is 2.66. The number of aryl methyl sites for hydroxylation is 1. The SMILES string of the molecule is Cc1nccn1CC1(CBr)CCOCC1. The molecule has 0 atom stereocenters. The minimum absolute atomic E-state index is 0.351. The van der Waals surface area contributed by atoms with Crippen LogP contribution in [-0.2, 0) is 11.3 Å². The van der Waals surface area contributed by atoms with E-state index in [9.17, 15) is 0 Å². The third kappa shape index (κ3) is 2.42. The molecule has 2 heterocycles. The second-order valence-corrected chi connectivity index (χ2v) is 4.91. The molecule has 2 rings (SSSR count). The van der Waals surface area contributed by atoms with Crippen LogP contribution in [-0.4, -0.2) is 28.1 Å². The first-order valence-electron chi connectivity index (χ1n) is 5.37. The number of nitrogens with zero attached hydrogens (tertiary/aromatic N) is 2. The maximum Gasteiger partial charge on any atom is 0.105 e. The largest absolute Gasteiger partial charge is 0.381 e. The zero-order chi connectivity index (χ0) is 10.7. The van der Waals surface area contributed by atoms with Crippen molar-refractivity contribution >= 4 is 15.9 Å². The summed E-state index contributed by atoms with van der Waals surface area (Å²) >= 11 is 3.65. The lowest BCUT2D eigenvalue weighted by atomic mass is 9.82. The van der Waals surface area contributed by atoms with Crippen LogP contribution in [0, 0.1) is 12.3 Å². The molecule has 0 aromatic carbocycles. The van der Waals surface area contributed by atoms with Crippen molar-refractivity contribution in [2.75, 3.05) is 18.5 Å². The molecular formula is C11H17BrN2O. The summed E-state index contributed by atoms with van der Waals surface area (Å²) in [6.07, 6.45) is 6.21. The molecule has 1 aliphatic rings. The highest BCUT2D eigenvalue weighted by atomic mass is 79.9. The van der Waals surface area contributed by atoms with Crippen molar-refractivity contribution in [3.05, 3.63) is 18.2 Å². The molecule has 4 heteroatoms. The first-order valence-corrected chi connectivity index (χ1v) is 6.49. The van der Waals surface area contributed by atoms with Gasteiger partial charge in [0.05, 0.1) is 0 Å². The molecule has 1 aromatic rings. The molecule has 0 aliphatic carbocycles. The van der Waals surface area contributed by atoms with Gasteiger partial charge in [0.1, 0.15) is 5.82 Å². The molecule has 0 radical (unpaired) electrons. The molecule has 84 valence electrons. The second-order valence-electron chi connectivity index (χ2n) is 4.35. The maximum absolute atomic E-state index is 5.43. The lowest BCUT2D eigenvalue weighted by Crippen LogP contribution is -2.35. The van der Waals surface area contributed by atoms with Gasteiger partial charge < -0.3 is 9.30 Å². The van der Waals surface area contributed by atoms with Crippen LogP contribution in [0.1, 0.15) is 18.7 Å². The van der Waals surface area contributed by atoms with Gasteiger partial charge in [0.2, 0.25) is 0 Å². The summed E-state index contributed by atoms with van der Waals surface area (Å²) in [5.74, 6) is 1.10. The Hall–Kier alpha value is -0.350. The van der Waals surface area contributed by atoms with Gasteiger partial charge in [0.25, 0.3) is 0 Å². The highest BCUT2D eigenvalue weighted by Crippen LogP contribution is 2.34. The highest BCUT2D eigenvalue weighted by molar-refractivity contribution is 9.09. The molecule has 0 saturated carbocycles. The van der Waals surface area contributed by atoms with Crippen molar-refractivity contribution in [2.24, 2.45) is 5.41 Å². The number of imidazole rings is 1. The molecule has 0 unspecified atom stereocenters. The monoisotopic (exact) mass is 272 g/mol. The Bertz CT molecular complexity index is 318. The Labute approximate surface area is 99.0 Å². The molecule has 0 N–H and O–H groups in total. The van der Waals surface area contributed by atoms with Crippen LogP contribution < -0.4 is 0 Å². The molecule has 1 fully saturated rings. The number of hydrogen-bond donors (Lipinski definition) is 0. The predicted octanol–water partition coefficient (Wildman–Crippen LogP) is 2.38. The van der Waals surface area contributed by atoms with Crippen molar-refractivity contribution in [1.29, 1.82) is 0 Å². The van der Waals surface area contributed by atoms with Crippen LogP contribution in [0.4, 0.5) is 0 Å². The Morgan fingerprint density at radius 3 is 2.80 bits per heavy atom. The van der Waals surface area contributed by atoms with Gasteiger partial charge in [-0.2, -0.15) is 0 Å². The average molecular weight is 273 g/mol. The topological polar surface area (TPSA) is 27.1 Å². The molecular weight excluding hydrogens is 256 g/mol. The highest BCUT2D eigenvalue weighted by Gasteiger charge is 2.32. The number of aromatic nitrogens is 2. The fourth-order valence-electron chi connectivity index (χ4n) is 2.07. The van der Waals surface area contributed by atoms with Crippen molar-refractivity contribution in [3.8, 4) is 0 Å². The van der Waals surface area contributed by atoms with Crippen LogP contribution in [0.15, 0.2) is 12.4 Å². The summed E-state index contributed by atoms with van der Waals surface area (Å²) in [5.41, 5.74) is 0.351. The molecule has 1 aliphatic heterocycles. The summed E-state index contributed by atoms with van der Waals surface area (Å²) in [6.45, 7) is 4.88. The zero-order valence-corrected chi connectivity index (χ0v) is 10.7. The van der Waals surface area contributed by atoms with E-state index in [4.69, 9.17) is 4.74 Å². The summed E-state index contributed by atoms with van der Waals surface area (Å²) in [4.78, 5) is 4.26. The number of ether oxygens (including phenoxy) is 1. The summed E-state index contributed by atoms with van der Waals surface area (Å²) in [5, 5.41) is 1.04. The Morgan fingerprint density at radius 1 is 1.53 bits per heavy atom. The van der Waals surface area contributed by atoms with Crippen LogP contribution in [0.3, 0.4) is 0 Å². The molecule has 0 amide bonds.